The average molecular weight is 480 g/mol. The molecule has 0 unspecified atom stereocenters. The lowest BCUT2D eigenvalue weighted by molar-refractivity contribution is -0.113. The van der Waals surface area contributed by atoms with Crippen molar-refractivity contribution in [2.75, 3.05) is 24.7 Å². The van der Waals surface area contributed by atoms with E-state index in [1.807, 2.05) is 36.6 Å². The van der Waals surface area contributed by atoms with Crippen LogP contribution in [0.2, 0.25) is 0 Å². The van der Waals surface area contributed by atoms with E-state index in [0.717, 1.165) is 11.3 Å². The molecule has 0 fully saturated rings. The monoisotopic (exact) mass is 479 g/mol. The van der Waals surface area contributed by atoms with Crippen molar-refractivity contribution in [1.82, 2.24) is 20.1 Å². The highest BCUT2D eigenvalue weighted by Crippen LogP contribution is 2.19. The lowest BCUT2D eigenvalue weighted by Crippen LogP contribution is -2.26. The van der Waals surface area contributed by atoms with Gasteiger partial charge in [0.05, 0.1) is 12.9 Å². The molecule has 34 heavy (non-hydrogen) atoms. The number of aromatic nitrogens is 3. The van der Waals surface area contributed by atoms with Crippen LogP contribution in [0.5, 0.6) is 5.75 Å². The van der Waals surface area contributed by atoms with Gasteiger partial charge < -0.3 is 19.9 Å². The lowest BCUT2D eigenvalue weighted by atomic mass is 10.1. The summed E-state index contributed by atoms with van der Waals surface area (Å²) in [5.41, 5.74) is 3.63. The summed E-state index contributed by atoms with van der Waals surface area (Å²) in [5, 5.41) is 14.9. The largest absolute Gasteiger partial charge is 0.497 e. The van der Waals surface area contributed by atoms with Crippen LogP contribution in [0.15, 0.2) is 60.3 Å². The molecule has 0 spiro atoms. The number of benzene rings is 2. The molecule has 1 aromatic heterocycles. The Morgan fingerprint density at radius 2 is 1.88 bits per heavy atom. The maximum absolute atomic E-state index is 12.4. The quantitative estimate of drug-likeness (QED) is 0.321. The van der Waals surface area contributed by atoms with Gasteiger partial charge in [-0.2, -0.15) is 0 Å². The molecule has 0 atom stereocenters. The zero-order chi connectivity index (χ0) is 24.5. The van der Waals surface area contributed by atoms with E-state index in [1.165, 1.54) is 17.3 Å². The van der Waals surface area contributed by atoms with Gasteiger partial charge in [0.2, 0.25) is 5.91 Å². The summed E-state index contributed by atoms with van der Waals surface area (Å²) in [6.07, 6.45) is 2.25. The third-order valence-electron chi connectivity index (χ3n) is 5.21. The number of nitrogens with zero attached hydrogens (tertiary/aromatic N) is 3. The normalized spacial score (nSPS) is 10.6. The number of hydrogen-bond donors (Lipinski definition) is 2. The summed E-state index contributed by atoms with van der Waals surface area (Å²) in [5.74, 6) is 1.33. The van der Waals surface area contributed by atoms with E-state index in [1.54, 1.807) is 37.5 Å². The summed E-state index contributed by atoms with van der Waals surface area (Å²) in [7, 11) is 1.58. The number of anilines is 1. The number of methoxy groups -OCH3 is 1. The van der Waals surface area contributed by atoms with Crippen molar-refractivity contribution in [3.8, 4) is 5.75 Å². The predicted octanol–water partition coefficient (Wildman–Crippen LogP) is 3.79. The fourth-order valence-corrected chi connectivity index (χ4v) is 3.97. The van der Waals surface area contributed by atoms with Crippen molar-refractivity contribution in [2.45, 2.75) is 32.0 Å². The molecular formula is C25H29N5O3S. The minimum absolute atomic E-state index is 0.116. The van der Waals surface area contributed by atoms with E-state index < -0.39 is 0 Å². The summed E-state index contributed by atoms with van der Waals surface area (Å²) < 4.78 is 7.02. The van der Waals surface area contributed by atoms with E-state index in [4.69, 9.17) is 4.74 Å². The first-order chi connectivity index (χ1) is 16.4. The van der Waals surface area contributed by atoms with E-state index >= 15 is 0 Å². The topological polar surface area (TPSA) is 98.1 Å². The number of carbonyl (C=O) groups excluding carboxylic acids is 2. The fraction of sp³-hybridized carbons (Fsp3) is 0.280. The molecule has 2 aromatic carbocycles. The standard InChI is InChI=1S/C25H29N5O3S/c1-5-14-30-22(12-13-26-24(32)19-7-10-21(33-4)11-8-19)28-29-25(30)34-16-23(31)27-20-9-6-17(2)18(3)15-20/h5-11,15H,1,12-14,16H2,2-4H3,(H,26,32)(H,27,31). The molecule has 0 saturated carbocycles. The van der Waals surface area contributed by atoms with Crippen molar-refractivity contribution in [3.63, 3.8) is 0 Å². The number of hydrogen-bond acceptors (Lipinski definition) is 6. The van der Waals surface area contributed by atoms with E-state index in [2.05, 4.69) is 27.4 Å². The maximum atomic E-state index is 12.4. The number of ether oxygens (including phenoxy) is 1. The van der Waals surface area contributed by atoms with Crippen LogP contribution >= 0.6 is 11.8 Å². The minimum Gasteiger partial charge on any atom is -0.497 e. The molecule has 0 bridgehead atoms. The van der Waals surface area contributed by atoms with Gasteiger partial charge in [0.15, 0.2) is 5.16 Å². The van der Waals surface area contributed by atoms with Gasteiger partial charge in [0.25, 0.3) is 5.91 Å². The molecule has 3 rings (SSSR count). The zero-order valence-corrected chi connectivity index (χ0v) is 20.4. The van der Waals surface area contributed by atoms with E-state index in [0.29, 0.717) is 41.8 Å². The highest BCUT2D eigenvalue weighted by atomic mass is 32.2. The number of amides is 2. The number of rotatable bonds is 11. The Hall–Kier alpha value is -3.59. The fourth-order valence-electron chi connectivity index (χ4n) is 3.20. The van der Waals surface area contributed by atoms with Crippen molar-refractivity contribution in [1.29, 1.82) is 0 Å². The Morgan fingerprint density at radius 1 is 1.12 bits per heavy atom. The molecule has 0 saturated heterocycles. The molecule has 0 aliphatic heterocycles. The van der Waals surface area contributed by atoms with Gasteiger partial charge in [-0.15, -0.1) is 16.8 Å². The van der Waals surface area contributed by atoms with Gasteiger partial charge in [-0.25, -0.2) is 0 Å². The SMILES string of the molecule is C=CCn1c(CCNC(=O)c2ccc(OC)cc2)nnc1SCC(=O)Nc1ccc(C)c(C)c1. The third-order valence-corrected chi connectivity index (χ3v) is 6.18. The highest BCUT2D eigenvalue weighted by molar-refractivity contribution is 7.99. The molecule has 0 aliphatic carbocycles. The molecular weight excluding hydrogens is 450 g/mol. The number of nitrogens with one attached hydrogen (secondary N) is 2. The zero-order valence-electron chi connectivity index (χ0n) is 19.6. The number of aryl methyl sites for hydroxylation is 2. The molecule has 2 N–H and O–H groups in total. The molecule has 1 heterocycles. The molecule has 8 nitrogen and oxygen atoms in total. The second-order valence-corrected chi connectivity index (χ2v) is 8.61. The van der Waals surface area contributed by atoms with Crippen molar-refractivity contribution < 1.29 is 14.3 Å². The first-order valence-electron chi connectivity index (χ1n) is 10.9. The second-order valence-electron chi connectivity index (χ2n) is 7.67. The maximum Gasteiger partial charge on any atom is 0.251 e. The van der Waals surface area contributed by atoms with Gasteiger partial charge in [0.1, 0.15) is 11.6 Å². The molecule has 3 aromatic rings. The van der Waals surface area contributed by atoms with Crippen LogP contribution in [0.1, 0.15) is 27.3 Å². The lowest BCUT2D eigenvalue weighted by Gasteiger charge is -2.10. The van der Waals surface area contributed by atoms with Gasteiger partial charge >= 0.3 is 0 Å². The Bertz CT molecular complexity index is 1160. The summed E-state index contributed by atoms with van der Waals surface area (Å²) in [6, 6.07) is 12.8. The molecule has 9 heteroatoms. The van der Waals surface area contributed by atoms with Crippen molar-refractivity contribution >= 4 is 29.3 Å². The summed E-state index contributed by atoms with van der Waals surface area (Å²) >= 11 is 1.31. The second kappa shape index (κ2) is 12.0. The molecule has 178 valence electrons. The summed E-state index contributed by atoms with van der Waals surface area (Å²) in [6.45, 7) is 8.76. The molecule has 2 amide bonds. The van der Waals surface area contributed by atoms with Gasteiger partial charge in [0, 0.05) is 30.8 Å². The predicted molar refractivity (Wildman–Crippen MR) is 135 cm³/mol. The first kappa shape index (κ1) is 25.0. The van der Waals surface area contributed by atoms with Crippen LogP contribution in [-0.4, -0.2) is 46.0 Å². The molecule has 0 aliphatic rings. The van der Waals surface area contributed by atoms with Crippen LogP contribution in [0, 0.1) is 13.8 Å². The van der Waals surface area contributed by atoms with Crippen LogP contribution in [0.3, 0.4) is 0 Å². The van der Waals surface area contributed by atoms with Gasteiger partial charge in [-0.05, 0) is 61.4 Å². The first-order valence-corrected chi connectivity index (χ1v) is 11.8. The number of allylic oxidation sites excluding steroid dienone is 1. The average Bonchev–Trinajstić information content (AvgIpc) is 3.21. The van der Waals surface area contributed by atoms with E-state index in [9.17, 15) is 9.59 Å². The van der Waals surface area contributed by atoms with Crippen LogP contribution in [-0.2, 0) is 17.8 Å². The minimum atomic E-state index is -0.171. The third kappa shape index (κ3) is 6.71. The van der Waals surface area contributed by atoms with Crippen LogP contribution in [0.25, 0.3) is 0 Å². The van der Waals surface area contributed by atoms with Gasteiger partial charge in [-0.3, -0.25) is 9.59 Å². The van der Waals surface area contributed by atoms with Gasteiger partial charge in [-0.1, -0.05) is 23.9 Å². The van der Waals surface area contributed by atoms with Crippen LogP contribution < -0.4 is 15.4 Å². The number of thioether (sulfide) groups is 1. The Morgan fingerprint density at radius 3 is 2.56 bits per heavy atom. The van der Waals surface area contributed by atoms with Crippen molar-refractivity contribution in [3.05, 3.63) is 77.6 Å². The van der Waals surface area contributed by atoms with E-state index in [-0.39, 0.29) is 17.6 Å². The van der Waals surface area contributed by atoms with Crippen molar-refractivity contribution in [2.24, 2.45) is 0 Å². The number of carbonyl (C=O) groups is 2. The Balaban J connectivity index is 1.54. The Labute approximate surface area is 203 Å². The summed E-state index contributed by atoms with van der Waals surface area (Å²) in [4.78, 5) is 24.8. The smallest absolute Gasteiger partial charge is 0.251 e. The Kier molecular flexibility index (Phi) is 8.86. The van der Waals surface area contributed by atoms with Crippen LogP contribution in [0.4, 0.5) is 5.69 Å². The highest BCUT2D eigenvalue weighted by Gasteiger charge is 2.14. The molecule has 0 radical (unpaired) electrons.